The highest BCUT2D eigenvalue weighted by Gasteiger charge is 2.40. The Morgan fingerprint density at radius 1 is 1.15 bits per heavy atom. The zero-order valence-corrected chi connectivity index (χ0v) is 10.1. The van der Waals surface area contributed by atoms with Gasteiger partial charge in [-0.25, -0.2) is 4.79 Å². The number of carbonyl (C=O) groups is 2. The van der Waals surface area contributed by atoms with Gasteiger partial charge in [0.15, 0.2) is 0 Å². The molecule has 1 heterocycles. The van der Waals surface area contributed by atoms with Gasteiger partial charge in [-0.05, 0) is 13.3 Å². The molecule has 1 rings (SSSR count). The van der Waals surface area contributed by atoms with E-state index in [1.54, 1.807) is 0 Å². The van der Waals surface area contributed by atoms with Crippen LogP contribution in [-0.4, -0.2) is 48.0 Å². The van der Waals surface area contributed by atoms with Crippen molar-refractivity contribution in [3.8, 4) is 0 Å². The number of hydrogen-bond donors (Lipinski definition) is 3. The maximum absolute atomic E-state index is 11.8. The van der Waals surface area contributed by atoms with Crippen LogP contribution in [0.5, 0.6) is 0 Å². The molecule has 0 saturated carbocycles. The van der Waals surface area contributed by atoms with Gasteiger partial charge in [0, 0.05) is 18.6 Å². The standard InChI is InChI=1S/C7H11F3N2O.C2HF3O2/c1-4-2-5(3-11-4)12-6(13)7(8,9)10;3-2(4,5)1(6)7/h4-5,11H,2-3H2,1H3,(H,12,13);(H,6,7)/t4-,5+;/m1./s1. The van der Waals surface area contributed by atoms with Gasteiger partial charge in [0.2, 0.25) is 0 Å². The van der Waals surface area contributed by atoms with E-state index < -0.39 is 30.3 Å². The molecular formula is C9H12F6N2O3. The number of carboxylic acids is 1. The van der Waals surface area contributed by atoms with Crippen LogP contribution in [0.2, 0.25) is 0 Å². The SMILES string of the molecule is C[C@@H]1C[C@H](NC(=O)C(F)(F)F)CN1.O=C(O)C(F)(F)F. The third-order valence-corrected chi connectivity index (χ3v) is 2.19. The van der Waals surface area contributed by atoms with Crippen molar-refractivity contribution in [3.05, 3.63) is 0 Å². The summed E-state index contributed by atoms with van der Waals surface area (Å²) in [4.78, 5) is 19.4. The lowest BCUT2D eigenvalue weighted by atomic mass is 10.2. The minimum Gasteiger partial charge on any atom is -0.475 e. The van der Waals surface area contributed by atoms with E-state index in [9.17, 15) is 31.1 Å². The van der Waals surface area contributed by atoms with Crippen molar-refractivity contribution < 1.29 is 41.0 Å². The van der Waals surface area contributed by atoms with E-state index in [1.165, 1.54) is 0 Å². The zero-order chi connectivity index (χ0) is 16.1. The lowest BCUT2D eigenvalue weighted by Crippen LogP contribution is -2.43. The Morgan fingerprint density at radius 3 is 1.85 bits per heavy atom. The number of amides is 1. The minimum atomic E-state index is -5.08. The van der Waals surface area contributed by atoms with Crippen molar-refractivity contribution in [1.82, 2.24) is 10.6 Å². The Balaban J connectivity index is 0.000000441. The summed E-state index contributed by atoms with van der Waals surface area (Å²) in [5.74, 6) is -4.61. The molecule has 0 aromatic carbocycles. The van der Waals surface area contributed by atoms with Crippen LogP contribution in [0.4, 0.5) is 26.3 Å². The monoisotopic (exact) mass is 310 g/mol. The molecule has 0 unspecified atom stereocenters. The summed E-state index contributed by atoms with van der Waals surface area (Å²) in [5.41, 5.74) is 0. The molecule has 11 heteroatoms. The molecule has 0 radical (unpaired) electrons. The summed E-state index contributed by atoms with van der Waals surface area (Å²) in [7, 11) is 0. The first-order valence-electron chi connectivity index (χ1n) is 5.25. The van der Waals surface area contributed by atoms with E-state index in [0.29, 0.717) is 13.0 Å². The molecule has 0 aromatic heterocycles. The second kappa shape index (κ2) is 6.77. The normalized spacial score (nSPS) is 22.8. The lowest BCUT2D eigenvalue weighted by Gasteiger charge is -2.12. The van der Waals surface area contributed by atoms with Crippen molar-refractivity contribution in [2.75, 3.05) is 6.54 Å². The van der Waals surface area contributed by atoms with E-state index in [2.05, 4.69) is 5.32 Å². The van der Waals surface area contributed by atoms with Gasteiger partial charge in [-0.15, -0.1) is 0 Å². The van der Waals surface area contributed by atoms with Crippen LogP contribution < -0.4 is 10.6 Å². The fourth-order valence-electron chi connectivity index (χ4n) is 1.31. The van der Waals surface area contributed by atoms with Gasteiger partial charge in [-0.2, -0.15) is 26.3 Å². The molecule has 118 valence electrons. The van der Waals surface area contributed by atoms with Crippen molar-refractivity contribution in [2.45, 2.75) is 37.8 Å². The van der Waals surface area contributed by atoms with Crippen LogP contribution in [0.15, 0.2) is 0 Å². The smallest absolute Gasteiger partial charge is 0.475 e. The Bertz CT molecular complexity index is 355. The maximum Gasteiger partial charge on any atom is 0.490 e. The van der Waals surface area contributed by atoms with E-state index in [4.69, 9.17) is 9.90 Å². The third kappa shape index (κ3) is 7.16. The highest BCUT2D eigenvalue weighted by Crippen LogP contribution is 2.16. The summed E-state index contributed by atoms with van der Waals surface area (Å²) in [6.45, 7) is 2.27. The van der Waals surface area contributed by atoms with Gasteiger partial charge >= 0.3 is 24.2 Å². The second-order valence-electron chi connectivity index (χ2n) is 4.02. The molecule has 0 aliphatic carbocycles. The van der Waals surface area contributed by atoms with Crippen molar-refractivity contribution in [2.24, 2.45) is 0 Å². The predicted molar refractivity (Wildman–Crippen MR) is 53.8 cm³/mol. The van der Waals surface area contributed by atoms with Crippen LogP contribution in [-0.2, 0) is 9.59 Å². The molecule has 2 atom stereocenters. The molecule has 0 bridgehead atoms. The van der Waals surface area contributed by atoms with Gasteiger partial charge in [0.05, 0.1) is 0 Å². The molecule has 20 heavy (non-hydrogen) atoms. The molecule has 0 aromatic rings. The van der Waals surface area contributed by atoms with Gasteiger partial charge in [-0.3, -0.25) is 4.79 Å². The van der Waals surface area contributed by atoms with E-state index >= 15 is 0 Å². The van der Waals surface area contributed by atoms with Crippen LogP contribution in [0, 0.1) is 0 Å². The number of rotatable bonds is 1. The number of aliphatic carboxylic acids is 1. The summed E-state index contributed by atoms with van der Waals surface area (Å²) >= 11 is 0. The highest BCUT2D eigenvalue weighted by molar-refractivity contribution is 5.82. The summed E-state index contributed by atoms with van der Waals surface area (Å²) in [6, 6.07) is -0.234. The molecular weight excluding hydrogens is 298 g/mol. The van der Waals surface area contributed by atoms with Crippen LogP contribution >= 0.6 is 0 Å². The zero-order valence-electron chi connectivity index (χ0n) is 10.1. The molecule has 1 aliphatic rings. The maximum atomic E-state index is 11.8. The molecule has 1 amide bonds. The Kier molecular flexibility index (Phi) is 6.26. The molecule has 0 spiro atoms. The predicted octanol–water partition coefficient (Wildman–Crippen LogP) is 1.05. The Hall–Kier alpha value is -1.52. The third-order valence-electron chi connectivity index (χ3n) is 2.19. The average Bonchev–Trinajstić information content (AvgIpc) is 2.62. The van der Waals surface area contributed by atoms with Crippen molar-refractivity contribution >= 4 is 11.9 Å². The molecule has 1 saturated heterocycles. The molecule has 1 fully saturated rings. The van der Waals surface area contributed by atoms with Crippen LogP contribution in [0.1, 0.15) is 13.3 Å². The summed E-state index contributed by atoms with van der Waals surface area (Å²) in [6.07, 6.45) is -9.31. The largest absolute Gasteiger partial charge is 0.490 e. The topological polar surface area (TPSA) is 78.4 Å². The summed E-state index contributed by atoms with van der Waals surface area (Å²) in [5, 5.41) is 12.0. The van der Waals surface area contributed by atoms with E-state index in [1.807, 2.05) is 12.2 Å². The van der Waals surface area contributed by atoms with Gasteiger partial charge in [-0.1, -0.05) is 0 Å². The highest BCUT2D eigenvalue weighted by atomic mass is 19.4. The second-order valence-corrected chi connectivity index (χ2v) is 4.02. The average molecular weight is 310 g/mol. The molecule has 1 aliphatic heterocycles. The number of carbonyl (C=O) groups excluding carboxylic acids is 1. The summed E-state index contributed by atoms with van der Waals surface area (Å²) < 4.78 is 67.0. The number of carboxylic acid groups (broad SMARTS) is 1. The fourth-order valence-corrected chi connectivity index (χ4v) is 1.31. The van der Waals surface area contributed by atoms with E-state index in [0.717, 1.165) is 0 Å². The van der Waals surface area contributed by atoms with Gasteiger partial charge in [0.25, 0.3) is 0 Å². The van der Waals surface area contributed by atoms with E-state index in [-0.39, 0.29) is 6.04 Å². The number of hydrogen-bond acceptors (Lipinski definition) is 3. The lowest BCUT2D eigenvalue weighted by molar-refractivity contribution is -0.192. The first kappa shape index (κ1) is 18.5. The Morgan fingerprint density at radius 2 is 1.60 bits per heavy atom. The molecule has 5 nitrogen and oxygen atoms in total. The first-order valence-corrected chi connectivity index (χ1v) is 5.25. The van der Waals surface area contributed by atoms with Crippen molar-refractivity contribution in [1.29, 1.82) is 0 Å². The van der Waals surface area contributed by atoms with Crippen LogP contribution in [0.25, 0.3) is 0 Å². The Labute approximate surface area is 109 Å². The van der Waals surface area contributed by atoms with Crippen molar-refractivity contribution in [3.63, 3.8) is 0 Å². The quantitative estimate of drug-likeness (QED) is 0.633. The number of halogens is 6. The minimum absolute atomic E-state index is 0.165. The van der Waals surface area contributed by atoms with Gasteiger partial charge in [0.1, 0.15) is 0 Å². The van der Waals surface area contributed by atoms with Gasteiger partial charge < -0.3 is 15.7 Å². The fraction of sp³-hybridized carbons (Fsp3) is 0.778. The molecule has 3 N–H and O–H groups in total. The van der Waals surface area contributed by atoms with Crippen LogP contribution in [0.3, 0.4) is 0 Å². The number of alkyl halides is 6. The number of nitrogens with one attached hydrogen (secondary N) is 2. The first-order chi connectivity index (χ1) is 8.84.